The van der Waals surface area contributed by atoms with Crippen molar-refractivity contribution >= 4 is 28.4 Å². The summed E-state index contributed by atoms with van der Waals surface area (Å²) in [6.07, 6.45) is 0. The molecule has 2 heteroatoms. The zero-order chi connectivity index (χ0) is 25.7. The molecule has 6 aromatic carbocycles. The van der Waals surface area contributed by atoms with Gasteiger partial charge in [0.15, 0.2) is 0 Å². The monoisotopic (exact) mass is 586 g/mol. The third kappa shape index (κ3) is 7.19. The number of hydrogen-bond donors (Lipinski definition) is 0. The molecule has 6 rings (SSSR count). The second-order valence-electron chi connectivity index (χ2n) is 9.42. The topological polar surface area (TPSA) is 0 Å². The third-order valence-corrected chi connectivity index (χ3v) is 6.45. The van der Waals surface area contributed by atoms with E-state index in [-0.39, 0.29) is 14.9 Å². The summed E-state index contributed by atoms with van der Waals surface area (Å²) in [6.45, 7) is 11.6. The molecule has 0 N–H and O–H groups in total. The van der Waals surface area contributed by atoms with Crippen LogP contribution >= 0.6 is 0 Å². The van der Waals surface area contributed by atoms with Crippen LogP contribution in [-0.4, -0.2) is 6.88 Å². The number of benzene rings is 4. The first kappa shape index (κ1) is 31.4. The molecule has 0 amide bonds. The van der Waals surface area contributed by atoms with Crippen LogP contribution in [0.4, 0.5) is 0 Å². The Balaban J connectivity index is 0.000000239. The van der Waals surface area contributed by atoms with Crippen molar-refractivity contribution in [3.63, 3.8) is 0 Å². The van der Waals surface area contributed by atoms with Gasteiger partial charge in [-0.3, -0.25) is 0 Å². The quantitative estimate of drug-likeness (QED) is 0.140. The van der Waals surface area contributed by atoms with Crippen LogP contribution < -0.4 is 0 Å². The number of hydrogen-bond acceptors (Lipinski definition) is 0. The molecule has 0 spiro atoms. The summed E-state index contributed by atoms with van der Waals surface area (Å²) in [5, 5.41) is 5.38. The van der Waals surface area contributed by atoms with Gasteiger partial charge in [-0.25, -0.2) is 0 Å². The fourth-order valence-electron chi connectivity index (χ4n) is 4.90. The molecule has 0 saturated heterocycles. The van der Waals surface area contributed by atoms with E-state index in [1.165, 1.54) is 89.4 Å². The fraction of sp³-hybridized carbons (Fsp3) is 0.111. The van der Waals surface area contributed by atoms with Crippen LogP contribution in [0.1, 0.15) is 22.3 Å². The molecule has 0 fully saturated rings. The van der Waals surface area contributed by atoms with E-state index in [0.29, 0.717) is 0 Å². The van der Waals surface area contributed by atoms with E-state index in [2.05, 4.69) is 144 Å². The molecule has 0 aliphatic rings. The van der Waals surface area contributed by atoms with Crippen molar-refractivity contribution in [1.82, 2.24) is 0 Å². The van der Waals surface area contributed by atoms with E-state index < -0.39 is 0 Å². The minimum atomic E-state index is 0. The van der Waals surface area contributed by atoms with Gasteiger partial charge >= 0.3 is 30.2 Å². The molecule has 6 aromatic rings. The first-order valence-corrected chi connectivity index (χ1v) is 16.4. The van der Waals surface area contributed by atoms with Crippen LogP contribution in [0, 0.1) is 42.5 Å². The standard InChI is InChI=1S/2C17H15.2CH3.Si.Zr/c2*1-12-5-3-6-14(9-12)16-8-4-7-15-10-13(2)11-17(15)16;;;;/h2*3-11H,1-2H3;2*1H3;;/q4*-1;;. The van der Waals surface area contributed by atoms with E-state index in [0.717, 1.165) is 0 Å². The average Bonchev–Trinajstić information content (AvgIpc) is 3.46. The van der Waals surface area contributed by atoms with E-state index in [1.54, 1.807) is 0 Å². The molecular weight excluding hydrogens is 552 g/mol. The molecule has 0 heterocycles. The van der Waals surface area contributed by atoms with Crippen molar-refractivity contribution < 1.29 is 23.3 Å². The molecule has 0 atom stereocenters. The predicted molar refractivity (Wildman–Crippen MR) is 167 cm³/mol. The zero-order valence-electron chi connectivity index (χ0n) is 23.4. The summed E-state index contributed by atoms with van der Waals surface area (Å²) in [7, 11) is 0. The van der Waals surface area contributed by atoms with Gasteiger partial charge in [0.05, 0.1) is 0 Å². The summed E-state index contributed by atoms with van der Waals surface area (Å²) in [5.41, 5.74) is 10.6. The van der Waals surface area contributed by atoms with Gasteiger partial charge in [0.1, 0.15) is 0 Å². The van der Waals surface area contributed by atoms with Gasteiger partial charge in [-0.1, -0.05) is 96.8 Å². The second-order valence-corrected chi connectivity index (χ2v) is 9.42. The molecular formula is C36H36SiZr-4. The number of rotatable bonds is 2. The van der Waals surface area contributed by atoms with Gasteiger partial charge in [0, 0.05) is 0 Å². The van der Waals surface area contributed by atoms with Gasteiger partial charge in [-0.05, 0) is 25.0 Å². The van der Waals surface area contributed by atoms with E-state index in [1.807, 2.05) is 0 Å². The normalized spacial score (nSPS) is 9.87. The summed E-state index contributed by atoms with van der Waals surface area (Å²) in [5.74, 6) is 0. The second kappa shape index (κ2) is 14.4. The Morgan fingerprint density at radius 3 is 1.24 bits per heavy atom. The summed E-state index contributed by atoms with van der Waals surface area (Å²) in [4.78, 5) is 0. The summed E-state index contributed by atoms with van der Waals surface area (Å²) in [6, 6.07) is 39.5. The van der Waals surface area contributed by atoms with Crippen LogP contribution in [0.25, 0.3) is 43.8 Å². The molecule has 0 aromatic heterocycles. The van der Waals surface area contributed by atoms with Crippen molar-refractivity contribution in [1.29, 1.82) is 0 Å². The summed E-state index contributed by atoms with van der Waals surface area (Å²) < 4.78 is 0. The fourth-order valence-corrected chi connectivity index (χ4v) is 4.90. The predicted octanol–water partition coefficient (Wildman–Crippen LogP) is 10.2. The van der Waals surface area contributed by atoms with Crippen molar-refractivity contribution in [2.45, 2.75) is 27.7 Å². The Bertz CT molecular complexity index is 1490. The minimum absolute atomic E-state index is 0. The molecule has 0 nitrogen and oxygen atoms in total. The molecule has 0 aliphatic carbocycles. The zero-order valence-corrected chi connectivity index (χ0v) is 26.9. The molecule has 0 bridgehead atoms. The average molecular weight is 588 g/mol. The van der Waals surface area contributed by atoms with Gasteiger partial charge in [-0.15, -0.1) is 69.1 Å². The first-order valence-electron chi connectivity index (χ1n) is 12.2. The van der Waals surface area contributed by atoms with E-state index in [9.17, 15) is 0 Å². The maximum absolute atomic E-state index is 3.06. The molecule has 38 heavy (non-hydrogen) atoms. The van der Waals surface area contributed by atoms with E-state index >= 15 is 0 Å². The third-order valence-electron chi connectivity index (χ3n) is 6.45. The van der Waals surface area contributed by atoms with Crippen LogP contribution in [0.2, 0.25) is 0 Å². The Morgan fingerprint density at radius 1 is 0.500 bits per heavy atom. The van der Waals surface area contributed by atoms with Gasteiger partial charge < -0.3 is 14.9 Å². The van der Waals surface area contributed by atoms with E-state index in [4.69, 9.17) is 0 Å². The van der Waals surface area contributed by atoms with Crippen molar-refractivity contribution in [3.8, 4) is 22.3 Å². The van der Waals surface area contributed by atoms with Crippen molar-refractivity contribution in [3.05, 3.63) is 146 Å². The Hall–Kier alpha value is -2.80. The summed E-state index contributed by atoms with van der Waals surface area (Å²) >= 11 is 1.36. The number of aryl methyl sites for hydroxylation is 4. The van der Waals surface area contributed by atoms with Crippen molar-refractivity contribution in [2.24, 2.45) is 0 Å². The van der Waals surface area contributed by atoms with Crippen LogP contribution in [0.3, 0.4) is 0 Å². The van der Waals surface area contributed by atoms with Crippen molar-refractivity contribution in [2.75, 3.05) is 0 Å². The molecule has 2 radical (unpaired) electrons. The molecule has 192 valence electrons. The van der Waals surface area contributed by atoms with Gasteiger partial charge in [0.25, 0.3) is 0 Å². The van der Waals surface area contributed by atoms with Gasteiger partial charge in [0.2, 0.25) is 0 Å². The molecule has 0 saturated carbocycles. The van der Waals surface area contributed by atoms with Crippen LogP contribution in [0.5, 0.6) is 0 Å². The maximum atomic E-state index is 3.06. The SMILES string of the molecule is Cc1cccc(-c2cccc3[cH-]c(C)cc23)c1.Cc1cccc(-c2cccc3[cH-]c(C)cc23)c1.[CH3-].[CH3-].[Si]=[Zr]. The van der Waals surface area contributed by atoms with Crippen LogP contribution in [-0.2, 0) is 23.3 Å². The first-order chi connectivity index (χ1) is 17.5. The Labute approximate surface area is 246 Å². The molecule has 0 unspecified atom stereocenters. The Morgan fingerprint density at radius 2 is 0.868 bits per heavy atom. The van der Waals surface area contributed by atoms with Gasteiger partial charge in [-0.2, -0.15) is 12.1 Å². The number of fused-ring (bicyclic) bond motifs is 2. The van der Waals surface area contributed by atoms with Crippen LogP contribution in [0.15, 0.2) is 109 Å². The Kier molecular flexibility index (Phi) is 11.9. The molecule has 0 aliphatic heterocycles.